The van der Waals surface area contributed by atoms with E-state index in [4.69, 9.17) is 4.74 Å². The van der Waals surface area contributed by atoms with Crippen LogP contribution >= 0.6 is 0 Å². The molecule has 92 valence electrons. The van der Waals surface area contributed by atoms with Crippen molar-refractivity contribution in [1.82, 2.24) is 4.90 Å². The van der Waals surface area contributed by atoms with E-state index in [-0.39, 0.29) is 0 Å². The fourth-order valence-corrected chi connectivity index (χ4v) is 3.03. The molecule has 1 heterocycles. The van der Waals surface area contributed by atoms with Crippen LogP contribution in [0.1, 0.15) is 38.5 Å². The molecule has 0 bridgehead atoms. The average Bonchev–Trinajstić information content (AvgIpc) is 2.30. The first-order chi connectivity index (χ1) is 7.79. The molecule has 1 saturated heterocycles. The first kappa shape index (κ1) is 12.1. The number of ether oxygens (including phenoxy) is 1. The van der Waals surface area contributed by atoms with Crippen molar-refractivity contribution in [2.45, 2.75) is 44.6 Å². The quantitative estimate of drug-likeness (QED) is 0.734. The second-order valence-electron chi connectivity index (χ2n) is 5.22. The van der Waals surface area contributed by atoms with Gasteiger partial charge in [-0.1, -0.05) is 0 Å². The van der Waals surface area contributed by atoms with Gasteiger partial charge in [-0.25, -0.2) is 0 Å². The van der Waals surface area contributed by atoms with Gasteiger partial charge < -0.3 is 4.74 Å². The number of ketones is 1. The molecule has 2 rings (SSSR count). The highest BCUT2D eigenvalue weighted by Crippen LogP contribution is 2.25. The van der Waals surface area contributed by atoms with Gasteiger partial charge in [-0.3, -0.25) is 9.69 Å². The monoisotopic (exact) mass is 225 g/mol. The van der Waals surface area contributed by atoms with E-state index in [1.165, 1.54) is 19.3 Å². The Balaban J connectivity index is 1.77. The first-order valence-corrected chi connectivity index (χ1v) is 6.54. The van der Waals surface area contributed by atoms with Crippen molar-refractivity contribution in [3.8, 4) is 0 Å². The summed E-state index contributed by atoms with van der Waals surface area (Å²) in [6, 6.07) is 0.546. The molecular weight excluding hydrogens is 202 g/mol. The molecule has 0 N–H and O–H groups in total. The van der Waals surface area contributed by atoms with Gasteiger partial charge in [0, 0.05) is 32.6 Å². The van der Waals surface area contributed by atoms with Crippen molar-refractivity contribution in [2.24, 2.45) is 5.92 Å². The number of hydrogen-bond donors (Lipinski definition) is 0. The van der Waals surface area contributed by atoms with E-state index in [1.807, 2.05) is 0 Å². The molecule has 1 atom stereocenters. The maximum Gasteiger partial charge on any atom is 0.134 e. The normalized spacial score (nSPS) is 29.6. The number of piperidine rings is 1. The number of nitrogens with zero attached hydrogens (tertiary/aromatic N) is 1. The molecule has 0 radical (unpaired) electrons. The van der Waals surface area contributed by atoms with Crippen LogP contribution in [0.15, 0.2) is 0 Å². The van der Waals surface area contributed by atoms with Crippen LogP contribution in [0.5, 0.6) is 0 Å². The maximum absolute atomic E-state index is 11.4. The van der Waals surface area contributed by atoms with E-state index in [9.17, 15) is 4.79 Å². The SMILES string of the molecule is COCC1CCN(C2CCCC(=O)C2)CC1. The zero-order valence-electron chi connectivity index (χ0n) is 10.3. The van der Waals surface area contributed by atoms with Crippen LogP contribution in [0.3, 0.4) is 0 Å². The number of methoxy groups -OCH3 is 1. The van der Waals surface area contributed by atoms with Crippen molar-refractivity contribution >= 4 is 5.78 Å². The van der Waals surface area contributed by atoms with Gasteiger partial charge in [-0.05, 0) is 44.7 Å². The minimum absolute atomic E-state index is 0.468. The second-order valence-corrected chi connectivity index (χ2v) is 5.22. The lowest BCUT2D eigenvalue weighted by atomic mass is 9.90. The van der Waals surface area contributed by atoms with Gasteiger partial charge in [0.15, 0.2) is 0 Å². The Labute approximate surface area is 98.1 Å². The Morgan fingerprint density at radius 3 is 2.69 bits per heavy atom. The summed E-state index contributed by atoms with van der Waals surface area (Å²) in [6.45, 7) is 3.22. The van der Waals surface area contributed by atoms with Gasteiger partial charge in [-0.15, -0.1) is 0 Å². The third-order valence-electron chi connectivity index (χ3n) is 4.02. The van der Waals surface area contributed by atoms with Crippen molar-refractivity contribution < 1.29 is 9.53 Å². The lowest BCUT2D eigenvalue weighted by Crippen LogP contribution is -2.44. The van der Waals surface area contributed by atoms with Gasteiger partial charge in [-0.2, -0.15) is 0 Å². The number of carbonyl (C=O) groups excluding carboxylic acids is 1. The van der Waals surface area contributed by atoms with Crippen LogP contribution in [0.25, 0.3) is 0 Å². The van der Waals surface area contributed by atoms with Crippen LogP contribution in [0, 0.1) is 5.92 Å². The molecule has 1 aliphatic heterocycles. The number of carbonyl (C=O) groups is 1. The minimum atomic E-state index is 0.468. The summed E-state index contributed by atoms with van der Waals surface area (Å²) in [4.78, 5) is 14.0. The Morgan fingerprint density at radius 1 is 1.31 bits per heavy atom. The Bertz CT molecular complexity index is 234. The number of rotatable bonds is 3. The van der Waals surface area contributed by atoms with E-state index in [0.29, 0.717) is 11.8 Å². The van der Waals surface area contributed by atoms with Gasteiger partial charge in [0.25, 0.3) is 0 Å². The molecule has 3 heteroatoms. The summed E-state index contributed by atoms with van der Waals surface area (Å²) < 4.78 is 5.21. The van der Waals surface area contributed by atoms with Crippen molar-refractivity contribution in [1.29, 1.82) is 0 Å². The summed E-state index contributed by atoms with van der Waals surface area (Å²) >= 11 is 0. The number of hydrogen-bond acceptors (Lipinski definition) is 3. The zero-order chi connectivity index (χ0) is 11.4. The van der Waals surface area contributed by atoms with Crippen LogP contribution in [0.4, 0.5) is 0 Å². The van der Waals surface area contributed by atoms with Crippen molar-refractivity contribution in [2.75, 3.05) is 26.8 Å². The largest absolute Gasteiger partial charge is 0.384 e. The molecule has 3 nitrogen and oxygen atoms in total. The van der Waals surface area contributed by atoms with E-state index < -0.39 is 0 Å². The van der Waals surface area contributed by atoms with Crippen LogP contribution in [-0.2, 0) is 9.53 Å². The highest BCUT2D eigenvalue weighted by Gasteiger charge is 2.28. The predicted octanol–water partition coefficient (Wildman–Crippen LogP) is 1.86. The Hall–Kier alpha value is -0.410. The highest BCUT2D eigenvalue weighted by molar-refractivity contribution is 5.79. The third kappa shape index (κ3) is 3.05. The Kier molecular flexibility index (Phi) is 4.36. The summed E-state index contributed by atoms with van der Waals surface area (Å²) in [5.41, 5.74) is 0. The van der Waals surface area contributed by atoms with Gasteiger partial charge in [0.2, 0.25) is 0 Å². The average molecular weight is 225 g/mol. The first-order valence-electron chi connectivity index (χ1n) is 6.54. The van der Waals surface area contributed by atoms with Crippen LogP contribution in [-0.4, -0.2) is 43.5 Å². The molecular formula is C13H23NO2. The smallest absolute Gasteiger partial charge is 0.134 e. The maximum atomic E-state index is 11.4. The minimum Gasteiger partial charge on any atom is -0.384 e. The molecule has 0 amide bonds. The van der Waals surface area contributed by atoms with Gasteiger partial charge in [0.1, 0.15) is 5.78 Å². The molecule has 1 aliphatic carbocycles. The predicted molar refractivity (Wildman–Crippen MR) is 63.4 cm³/mol. The summed E-state index contributed by atoms with van der Waals surface area (Å²) in [5, 5.41) is 0. The topological polar surface area (TPSA) is 29.5 Å². The molecule has 1 unspecified atom stereocenters. The summed E-state index contributed by atoms with van der Waals surface area (Å²) in [6.07, 6.45) is 6.41. The molecule has 0 spiro atoms. The highest BCUT2D eigenvalue weighted by atomic mass is 16.5. The lowest BCUT2D eigenvalue weighted by molar-refractivity contribution is -0.122. The molecule has 2 aliphatic rings. The standard InChI is InChI=1S/C13H23NO2/c1-16-10-11-5-7-14(8-6-11)12-3-2-4-13(15)9-12/h11-12H,2-10H2,1H3. The lowest BCUT2D eigenvalue weighted by Gasteiger charge is -2.38. The molecule has 16 heavy (non-hydrogen) atoms. The van der Waals surface area contributed by atoms with Crippen molar-refractivity contribution in [3.05, 3.63) is 0 Å². The Morgan fingerprint density at radius 2 is 2.06 bits per heavy atom. The van der Waals surface area contributed by atoms with Crippen LogP contribution in [0.2, 0.25) is 0 Å². The van der Waals surface area contributed by atoms with Gasteiger partial charge >= 0.3 is 0 Å². The van der Waals surface area contributed by atoms with E-state index in [0.717, 1.165) is 44.9 Å². The van der Waals surface area contributed by atoms with E-state index in [2.05, 4.69) is 4.90 Å². The van der Waals surface area contributed by atoms with Gasteiger partial charge in [0.05, 0.1) is 0 Å². The molecule has 0 aromatic heterocycles. The van der Waals surface area contributed by atoms with Crippen LogP contribution < -0.4 is 0 Å². The van der Waals surface area contributed by atoms with E-state index in [1.54, 1.807) is 7.11 Å². The summed E-state index contributed by atoms with van der Waals surface area (Å²) in [7, 11) is 1.78. The molecule has 0 aromatic carbocycles. The molecule has 0 aromatic rings. The molecule has 2 fully saturated rings. The van der Waals surface area contributed by atoms with Crippen molar-refractivity contribution in [3.63, 3.8) is 0 Å². The molecule has 1 saturated carbocycles. The van der Waals surface area contributed by atoms with E-state index >= 15 is 0 Å². The zero-order valence-corrected chi connectivity index (χ0v) is 10.3. The fourth-order valence-electron chi connectivity index (χ4n) is 3.03. The third-order valence-corrected chi connectivity index (χ3v) is 4.02. The number of Topliss-reactive ketones (excluding diaryl/α,β-unsaturated/α-hetero) is 1. The number of likely N-dealkylation sites (tertiary alicyclic amines) is 1. The summed E-state index contributed by atoms with van der Waals surface area (Å²) in [5.74, 6) is 1.20. The fraction of sp³-hybridized carbons (Fsp3) is 0.923. The second kappa shape index (κ2) is 5.78.